The SMILES string of the molecule is NCC1(c2ccc(C(O)c3ccccc3)cc2)CC1. The Labute approximate surface area is 113 Å². The Hall–Kier alpha value is -1.64. The molecule has 1 atom stereocenters. The summed E-state index contributed by atoms with van der Waals surface area (Å²) in [4.78, 5) is 0. The van der Waals surface area contributed by atoms with Gasteiger partial charge in [-0.2, -0.15) is 0 Å². The molecular formula is C17H19NO. The van der Waals surface area contributed by atoms with E-state index in [-0.39, 0.29) is 5.41 Å². The number of aliphatic hydroxyl groups is 1. The summed E-state index contributed by atoms with van der Waals surface area (Å²) in [5, 5.41) is 10.3. The fraction of sp³-hybridized carbons (Fsp3) is 0.294. The van der Waals surface area contributed by atoms with Crippen molar-refractivity contribution in [1.82, 2.24) is 0 Å². The van der Waals surface area contributed by atoms with Gasteiger partial charge >= 0.3 is 0 Å². The maximum Gasteiger partial charge on any atom is 0.104 e. The third-order valence-corrected chi connectivity index (χ3v) is 4.20. The van der Waals surface area contributed by atoms with E-state index in [2.05, 4.69) is 12.1 Å². The fourth-order valence-corrected chi connectivity index (χ4v) is 2.61. The molecule has 1 aliphatic carbocycles. The maximum atomic E-state index is 10.3. The third kappa shape index (κ3) is 2.29. The van der Waals surface area contributed by atoms with Crippen molar-refractivity contribution in [2.45, 2.75) is 24.4 Å². The van der Waals surface area contributed by atoms with Gasteiger partial charge in [-0.05, 0) is 29.5 Å². The van der Waals surface area contributed by atoms with E-state index < -0.39 is 6.10 Å². The Bertz CT molecular complexity index is 543. The number of aliphatic hydroxyl groups excluding tert-OH is 1. The molecule has 0 saturated heterocycles. The van der Waals surface area contributed by atoms with Crippen LogP contribution in [-0.2, 0) is 5.41 Å². The maximum absolute atomic E-state index is 10.3. The zero-order valence-electron chi connectivity index (χ0n) is 10.9. The minimum atomic E-state index is -0.553. The Kier molecular flexibility index (Phi) is 3.13. The van der Waals surface area contributed by atoms with Crippen LogP contribution >= 0.6 is 0 Å². The highest BCUT2D eigenvalue weighted by Crippen LogP contribution is 2.47. The van der Waals surface area contributed by atoms with Crippen molar-refractivity contribution in [2.24, 2.45) is 5.73 Å². The lowest BCUT2D eigenvalue weighted by Crippen LogP contribution is -2.19. The number of hydrogen-bond donors (Lipinski definition) is 2. The topological polar surface area (TPSA) is 46.2 Å². The van der Waals surface area contributed by atoms with Gasteiger partial charge in [-0.25, -0.2) is 0 Å². The second-order valence-electron chi connectivity index (χ2n) is 5.42. The van der Waals surface area contributed by atoms with Gasteiger partial charge in [0.2, 0.25) is 0 Å². The smallest absolute Gasteiger partial charge is 0.104 e. The van der Waals surface area contributed by atoms with Crippen LogP contribution in [-0.4, -0.2) is 11.7 Å². The highest BCUT2D eigenvalue weighted by Gasteiger charge is 2.42. The molecule has 0 bridgehead atoms. The van der Waals surface area contributed by atoms with Crippen LogP contribution in [0.3, 0.4) is 0 Å². The van der Waals surface area contributed by atoms with Gasteiger partial charge in [0.15, 0.2) is 0 Å². The molecule has 0 aromatic heterocycles. The van der Waals surface area contributed by atoms with Crippen molar-refractivity contribution >= 4 is 0 Å². The van der Waals surface area contributed by atoms with Crippen LogP contribution in [0.1, 0.15) is 35.6 Å². The van der Waals surface area contributed by atoms with Gasteiger partial charge in [-0.1, -0.05) is 54.6 Å². The Morgan fingerprint density at radius 1 is 0.947 bits per heavy atom. The van der Waals surface area contributed by atoms with Crippen LogP contribution in [0.15, 0.2) is 54.6 Å². The molecule has 0 amide bonds. The molecule has 2 nitrogen and oxygen atoms in total. The molecule has 98 valence electrons. The molecule has 19 heavy (non-hydrogen) atoms. The number of benzene rings is 2. The van der Waals surface area contributed by atoms with Crippen LogP contribution in [0.4, 0.5) is 0 Å². The lowest BCUT2D eigenvalue weighted by molar-refractivity contribution is 0.220. The highest BCUT2D eigenvalue weighted by molar-refractivity contribution is 5.37. The Balaban J connectivity index is 1.83. The average molecular weight is 253 g/mol. The minimum absolute atomic E-state index is 0.218. The molecular weight excluding hydrogens is 234 g/mol. The van der Waals surface area contributed by atoms with Crippen LogP contribution in [0.25, 0.3) is 0 Å². The molecule has 3 N–H and O–H groups in total. The average Bonchev–Trinajstić information content (AvgIpc) is 3.29. The summed E-state index contributed by atoms with van der Waals surface area (Å²) in [5.41, 5.74) is 9.22. The summed E-state index contributed by atoms with van der Waals surface area (Å²) in [6.07, 6.45) is 1.82. The zero-order valence-corrected chi connectivity index (χ0v) is 10.9. The van der Waals surface area contributed by atoms with Gasteiger partial charge in [-0.15, -0.1) is 0 Å². The molecule has 0 spiro atoms. The molecule has 1 fully saturated rings. The summed E-state index contributed by atoms with van der Waals surface area (Å²) < 4.78 is 0. The van der Waals surface area contributed by atoms with Crippen molar-refractivity contribution in [3.63, 3.8) is 0 Å². The fourth-order valence-electron chi connectivity index (χ4n) is 2.61. The first-order chi connectivity index (χ1) is 9.25. The van der Waals surface area contributed by atoms with Gasteiger partial charge < -0.3 is 10.8 Å². The molecule has 2 aromatic rings. The quantitative estimate of drug-likeness (QED) is 0.880. The van der Waals surface area contributed by atoms with Crippen LogP contribution < -0.4 is 5.73 Å². The van der Waals surface area contributed by atoms with E-state index in [1.54, 1.807) is 0 Å². The standard InChI is InChI=1S/C17H19NO/c18-12-17(10-11-17)15-8-6-14(7-9-15)16(19)13-4-2-1-3-5-13/h1-9,16,19H,10-12,18H2. The Morgan fingerprint density at radius 3 is 2.05 bits per heavy atom. The monoisotopic (exact) mass is 253 g/mol. The molecule has 1 aliphatic rings. The van der Waals surface area contributed by atoms with E-state index in [9.17, 15) is 5.11 Å². The molecule has 0 radical (unpaired) electrons. The zero-order chi connectivity index (χ0) is 13.3. The van der Waals surface area contributed by atoms with Gasteiger partial charge in [0.05, 0.1) is 0 Å². The first-order valence-electron chi connectivity index (χ1n) is 6.79. The van der Waals surface area contributed by atoms with E-state index >= 15 is 0 Å². The van der Waals surface area contributed by atoms with Crippen LogP contribution in [0.2, 0.25) is 0 Å². The van der Waals surface area contributed by atoms with Crippen molar-refractivity contribution < 1.29 is 5.11 Å². The minimum Gasteiger partial charge on any atom is -0.384 e. The molecule has 3 rings (SSSR count). The number of rotatable bonds is 4. The summed E-state index contributed by atoms with van der Waals surface area (Å²) in [5.74, 6) is 0. The van der Waals surface area contributed by atoms with E-state index in [0.717, 1.165) is 11.1 Å². The second-order valence-corrected chi connectivity index (χ2v) is 5.42. The van der Waals surface area contributed by atoms with Gasteiger partial charge in [0, 0.05) is 12.0 Å². The molecule has 0 aliphatic heterocycles. The summed E-state index contributed by atoms with van der Waals surface area (Å²) >= 11 is 0. The molecule has 0 heterocycles. The van der Waals surface area contributed by atoms with Crippen molar-refractivity contribution in [3.05, 3.63) is 71.3 Å². The molecule has 2 heteroatoms. The van der Waals surface area contributed by atoms with Crippen molar-refractivity contribution in [2.75, 3.05) is 6.54 Å². The van der Waals surface area contributed by atoms with Crippen LogP contribution in [0, 0.1) is 0 Å². The Morgan fingerprint density at radius 2 is 1.53 bits per heavy atom. The van der Waals surface area contributed by atoms with E-state index in [1.807, 2.05) is 42.5 Å². The summed E-state index contributed by atoms with van der Waals surface area (Å²) in [6, 6.07) is 18.0. The predicted molar refractivity (Wildman–Crippen MR) is 76.9 cm³/mol. The number of nitrogens with two attached hydrogens (primary N) is 1. The largest absolute Gasteiger partial charge is 0.384 e. The summed E-state index contributed by atoms with van der Waals surface area (Å²) in [6.45, 7) is 0.716. The lowest BCUT2D eigenvalue weighted by Gasteiger charge is -2.15. The van der Waals surface area contributed by atoms with Gasteiger partial charge in [-0.3, -0.25) is 0 Å². The van der Waals surface area contributed by atoms with E-state index in [4.69, 9.17) is 5.73 Å². The van der Waals surface area contributed by atoms with Crippen molar-refractivity contribution in [1.29, 1.82) is 0 Å². The van der Waals surface area contributed by atoms with Gasteiger partial charge in [0.1, 0.15) is 6.10 Å². The normalized spacial score (nSPS) is 18.0. The van der Waals surface area contributed by atoms with E-state index in [0.29, 0.717) is 6.54 Å². The first kappa shape index (κ1) is 12.4. The third-order valence-electron chi connectivity index (χ3n) is 4.20. The molecule has 1 unspecified atom stereocenters. The predicted octanol–water partition coefficient (Wildman–Crippen LogP) is 2.76. The first-order valence-corrected chi connectivity index (χ1v) is 6.79. The van der Waals surface area contributed by atoms with Gasteiger partial charge in [0.25, 0.3) is 0 Å². The van der Waals surface area contributed by atoms with Crippen molar-refractivity contribution in [3.8, 4) is 0 Å². The lowest BCUT2D eigenvalue weighted by atomic mass is 9.93. The molecule has 1 saturated carbocycles. The number of hydrogen-bond acceptors (Lipinski definition) is 2. The highest BCUT2D eigenvalue weighted by atomic mass is 16.3. The summed E-state index contributed by atoms with van der Waals surface area (Å²) in [7, 11) is 0. The molecule has 2 aromatic carbocycles. The van der Waals surface area contributed by atoms with E-state index in [1.165, 1.54) is 18.4 Å². The second kappa shape index (κ2) is 4.80. The van der Waals surface area contributed by atoms with Crippen LogP contribution in [0.5, 0.6) is 0 Å².